The fourth-order valence-corrected chi connectivity index (χ4v) is 1.83. The highest BCUT2D eigenvalue weighted by molar-refractivity contribution is 5.92. The average Bonchev–Trinajstić information content (AvgIpc) is 2.73. The minimum Gasteiger partial charge on any atom is -0.365 e. The van der Waals surface area contributed by atoms with E-state index >= 15 is 0 Å². The Morgan fingerprint density at radius 3 is 2.65 bits per heavy atom. The van der Waals surface area contributed by atoms with Crippen molar-refractivity contribution in [1.29, 1.82) is 0 Å². The average molecular weight is 282 g/mol. The van der Waals surface area contributed by atoms with Gasteiger partial charge in [-0.2, -0.15) is 13.2 Å². The Bertz CT molecular complexity index is 617. The minimum absolute atomic E-state index is 0.112. The number of alkyl halides is 3. The number of aromatic nitrogens is 1. The second kappa shape index (κ2) is 5.40. The number of nitrogens with one attached hydrogen (secondary N) is 2. The molecule has 20 heavy (non-hydrogen) atoms. The molecule has 1 heterocycles. The Balaban J connectivity index is 2.04. The molecule has 0 aliphatic heterocycles. The van der Waals surface area contributed by atoms with Gasteiger partial charge >= 0.3 is 6.18 Å². The minimum atomic E-state index is -4.42. The number of hydrogen-bond donors (Lipinski definition) is 2. The second-order valence-electron chi connectivity index (χ2n) is 4.49. The summed E-state index contributed by atoms with van der Waals surface area (Å²) >= 11 is 0. The van der Waals surface area contributed by atoms with Crippen LogP contribution < -0.4 is 5.32 Å². The van der Waals surface area contributed by atoms with Crippen LogP contribution in [-0.2, 0) is 17.4 Å². The molecule has 0 fully saturated rings. The van der Waals surface area contributed by atoms with Crippen molar-refractivity contribution in [2.45, 2.75) is 19.5 Å². The summed E-state index contributed by atoms with van der Waals surface area (Å²) < 4.78 is 37.6. The molecule has 0 saturated heterocycles. The zero-order valence-electron chi connectivity index (χ0n) is 10.7. The molecule has 0 unspecified atom stereocenters. The maximum absolute atomic E-state index is 12.5. The van der Waals surface area contributed by atoms with Gasteiger partial charge in [0.05, 0.1) is 12.0 Å². The summed E-state index contributed by atoms with van der Waals surface area (Å²) in [7, 11) is 0. The van der Waals surface area contributed by atoms with E-state index < -0.39 is 11.7 Å². The molecule has 1 aromatic heterocycles. The van der Waals surface area contributed by atoms with Gasteiger partial charge < -0.3 is 10.3 Å². The molecule has 2 N–H and O–H groups in total. The van der Waals surface area contributed by atoms with Gasteiger partial charge in [-0.15, -0.1) is 0 Å². The van der Waals surface area contributed by atoms with Gasteiger partial charge in [-0.25, -0.2) is 0 Å². The SMILES string of the molecule is Cc1cc(CC(=O)Nc2cccc(C(F)(F)F)c2)c[nH]1. The number of hydrogen-bond acceptors (Lipinski definition) is 1. The molecular weight excluding hydrogens is 269 g/mol. The Morgan fingerprint density at radius 1 is 1.30 bits per heavy atom. The summed E-state index contributed by atoms with van der Waals surface area (Å²) in [5, 5.41) is 2.46. The third-order valence-electron chi connectivity index (χ3n) is 2.73. The Hall–Kier alpha value is -2.24. The number of H-pyrrole nitrogens is 1. The largest absolute Gasteiger partial charge is 0.416 e. The van der Waals surface area contributed by atoms with Crippen LogP contribution in [0.1, 0.15) is 16.8 Å². The van der Waals surface area contributed by atoms with Crippen molar-refractivity contribution >= 4 is 11.6 Å². The lowest BCUT2D eigenvalue weighted by molar-refractivity contribution is -0.137. The van der Waals surface area contributed by atoms with Crippen molar-refractivity contribution in [3.63, 3.8) is 0 Å². The molecule has 2 aromatic rings. The number of benzene rings is 1. The van der Waals surface area contributed by atoms with Crippen LogP contribution in [0.3, 0.4) is 0 Å². The van der Waals surface area contributed by atoms with Crippen LogP contribution in [-0.4, -0.2) is 10.9 Å². The number of aryl methyl sites for hydroxylation is 1. The summed E-state index contributed by atoms with van der Waals surface area (Å²) in [5.74, 6) is -0.358. The highest BCUT2D eigenvalue weighted by atomic mass is 19.4. The molecular formula is C14H13F3N2O. The van der Waals surface area contributed by atoms with Crippen molar-refractivity contribution in [3.05, 3.63) is 53.3 Å². The number of amides is 1. The molecule has 3 nitrogen and oxygen atoms in total. The molecule has 106 valence electrons. The molecule has 2 rings (SSSR count). The van der Waals surface area contributed by atoms with Crippen LogP contribution in [0.2, 0.25) is 0 Å². The molecule has 6 heteroatoms. The smallest absolute Gasteiger partial charge is 0.365 e. The predicted octanol–water partition coefficient (Wildman–Crippen LogP) is 3.52. The number of halogens is 3. The fourth-order valence-electron chi connectivity index (χ4n) is 1.83. The lowest BCUT2D eigenvalue weighted by Crippen LogP contribution is -2.15. The summed E-state index contributed by atoms with van der Waals surface area (Å²) in [6.45, 7) is 1.86. The van der Waals surface area contributed by atoms with E-state index in [1.165, 1.54) is 12.1 Å². The zero-order chi connectivity index (χ0) is 14.8. The molecule has 0 bridgehead atoms. The van der Waals surface area contributed by atoms with Gasteiger partial charge in [0, 0.05) is 17.6 Å². The van der Waals surface area contributed by atoms with Crippen molar-refractivity contribution < 1.29 is 18.0 Å². The summed E-state index contributed by atoms with van der Waals surface area (Å²) in [4.78, 5) is 14.7. The Kier molecular flexibility index (Phi) is 3.83. The third kappa shape index (κ3) is 3.63. The normalized spacial score (nSPS) is 11.4. The number of carbonyl (C=O) groups is 1. The van der Waals surface area contributed by atoms with Crippen molar-refractivity contribution in [2.24, 2.45) is 0 Å². The van der Waals surface area contributed by atoms with Crippen LogP contribution >= 0.6 is 0 Å². The van der Waals surface area contributed by atoms with E-state index in [1.54, 1.807) is 6.20 Å². The van der Waals surface area contributed by atoms with E-state index in [-0.39, 0.29) is 18.0 Å². The number of anilines is 1. The first-order valence-electron chi connectivity index (χ1n) is 5.95. The number of carbonyl (C=O) groups excluding carboxylic acids is 1. The third-order valence-corrected chi connectivity index (χ3v) is 2.73. The van der Waals surface area contributed by atoms with E-state index in [2.05, 4.69) is 10.3 Å². The molecule has 0 radical (unpaired) electrons. The zero-order valence-corrected chi connectivity index (χ0v) is 10.7. The summed E-state index contributed by atoms with van der Waals surface area (Å²) in [5.41, 5.74) is 1.06. The van der Waals surface area contributed by atoms with Gasteiger partial charge in [0.2, 0.25) is 5.91 Å². The molecule has 1 aromatic carbocycles. The molecule has 0 saturated carbocycles. The van der Waals surface area contributed by atoms with Gasteiger partial charge in [-0.1, -0.05) is 6.07 Å². The molecule has 1 amide bonds. The van der Waals surface area contributed by atoms with Crippen molar-refractivity contribution in [2.75, 3.05) is 5.32 Å². The second-order valence-corrected chi connectivity index (χ2v) is 4.49. The topological polar surface area (TPSA) is 44.9 Å². The number of aromatic amines is 1. The predicted molar refractivity (Wildman–Crippen MR) is 69.3 cm³/mol. The fraction of sp³-hybridized carbons (Fsp3) is 0.214. The summed E-state index contributed by atoms with van der Waals surface area (Å²) in [6.07, 6.45) is -2.61. The first-order chi connectivity index (χ1) is 9.34. The Labute approximate surface area is 113 Å². The maximum atomic E-state index is 12.5. The van der Waals surface area contributed by atoms with Crippen LogP contribution in [0.4, 0.5) is 18.9 Å². The van der Waals surface area contributed by atoms with Gasteiger partial charge in [-0.05, 0) is 36.8 Å². The monoisotopic (exact) mass is 282 g/mol. The van der Waals surface area contributed by atoms with Gasteiger partial charge in [0.1, 0.15) is 0 Å². The van der Waals surface area contributed by atoms with Crippen LogP contribution in [0.5, 0.6) is 0 Å². The van der Waals surface area contributed by atoms with E-state index in [4.69, 9.17) is 0 Å². The van der Waals surface area contributed by atoms with E-state index in [9.17, 15) is 18.0 Å². The maximum Gasteiger partial charge on any atom is 0.416 e. The van der Waals surface area contributed by atoms with Gasteiger partial charge in [-0.3, -0.25) is 4.79 Å². The Morgan fingerprint density at radius 2 is 2.05 bits per heavy atom. The molecule has 0 atom stereocenters. The van der Waals surface area contributed by atoms with Crippen molar-refractivity contribution in [3.8, 4) is 0 Å². The highest BCUT2D eigenvalue weighted by Crippen LogP contribution is 2.30. The van der Waals surface area contributed by atoms with E-state index in [0.29, 0.717) is 0 Å². The van der Waals surface area contributed by atoms with E-state index in [1.807, 2.05) is 13.0 Å². The first kappa shape index (κ1) is 14.2. The van der Waals surface area contributed by atoms with Crippen LogP contribution in [0.25, 0.3) is 0 Å². The first-order valence-corrected chi connectivity index (χ1v) is 5.95. The van der Waals surface area contributed by atoms with Crippen molar-refractivity contribution in [1.82, 2.24) is 4.98 Å². The van der Waals surface area contributed by atoms with Crippen LogP contribution in [0, 0.1) is 6.92 Å². The number of rotatable bonds is 3. The lowest BCUT2D eigenvalue weighted by atomic mass is 10.2. The standard InChI is InChI=1S/C14H13F3N2O/c1-9-5-10(8-18-9)6-13(20)19-12-4-2-3-11(7-12)14(15,16)17/h2-5,7-8,18H,6H2,1H3,(H,19,20). The van der Waals surface area contributed by atoms with Crippen LogP contribution in [0.15, 0.2) is 36.5 Å². The molecule has 0 spiro atoms. The lowest BCUT2D eigenvalue weighted by Gasteiger charge is -2.09. The van der Waals surface area contributed by atoms with E-state index in [0.717, 1.165) is 23.4 Å². The van der Waals surface area contributed by atoms with Gasteiger partial charge in [0.15, 0.2) is 0 Å². The van der Waals surface area contributed by atoms with Gasteiger partial charge in [0.25, 0.3) is 0 Å². The molecule has 0 aliphatic carbocycles. The highest BCUT2D eigenvalue weighted by Gasteiger charge is 2.30. The quantitative estimate of drug-likeness (QED) is 0.888. The molecule has 0 aliphatic rings. The summed E-state index contributed by atoms with van der Waals surface area (Å²) in [6, 6.07) is 6.38.